The Balaban J connectivity index is 1.47. The van der Waals surface area contributed by atoms with Gasteiger partial charge in [-0.05, 0) is 24.3 Å². The van der Waals surface area contributed by atoms with E-state index in [0.29, 0.717) is 10.8 Å². The summed E-state index contributed by atoms with van der Waals surface area (Å²) in [4.78, 5) is 16.4. The molecule has 0 saturated heterocycles. The highest BCUT2D eigenvalue weighted by molar-refractivity contribution is 7.13. The number of hydrogen-bond acceptors (Lipinski definition) is 5. The Kier molecular flexibility index (Phi) is 5.45. The highest BCUT2D eigenvalue weighted by atomic mass is 32.1. The normalized spacial score (nSPS) is 11.4. The van der Waals surface area contributed by atoms with Gasteiger partial charge in [-0.1, -0.05) is 0 Å². The van der Waals surface area contributed by atoms with E-state index in [0.717, 1.165) is 17.7 Å². The van der Waals surface area contributed by atoms with Crippen molar-refractivity contribution in [3.05, 3.63) is 53.3 Å². The van der Waals surface area contributed by atoms with Gasteiger partial charge in [0.05, 0.1) is 18.3 Å². The summed E-state index contributed by atoms with van der Waals surface area (Å²) in [5.41, 5.74) is 0.372. The molecule has 0 unspecified atom stereocenters. The van der Waals surface area contributed by atoms with Crippen molar-refractivity contribution in [1.29, 1.82) is 0 Å². The van der Waals surface area contributed by atoms with Crippen LogP contribution in [0.2, 0.25) is 0 Å². The van der Waals surface area contributed by atoms with Gasteiger partial charge >= 0.3 is 6.18 Å². The van der Waals surface area contributed by atoms with Gasteiger partial charge in [0.15, 0.2) is 0 Å². The number of aryl methyl sites for hydroxylation is 1. The number of thiazole rings is 1. The van der Waals surface area contributed by atoms with Crippen LogP contribution in [0.25, 0.3) is 10.6 Å². The third-order valence-electron chi connectivity index (χ3n) is 3.53. The molecule has 0 saturated carbocycles. The molecule has 0 aliphatic rings. The Morgan fingerprint density at radius 2 is 2.04 bits per heavy atom. The maximum absolute atomic E-state index is 12.5. The first-order chi connectivity index (χ1) is 12.8. The number of carbonyl (C=O) groups is 1. The Morgan fingerprint density at radius 1 is 1.30 bits per heavy atom. The predicted molar refractivity (Wildman–Crippen MR) is 93.6 cm³/mol. The monoisotopic (exact) mass is 396 g/mol. The summed E-state index contributed by atoms with van der Waals surface area (Å²) in [5, 5.41) is 9.05. The average molecular weight is 396 g/mol. The Bertz CT molecular complexity index is 919. The Morgan fingerprint density at radius 3 is 2.67 bits per heavy atom. The molecule has 2 aromatic heterocycles. The van der Waals surface area contributed by atoms with Crippen LogP contribution in [0.3, 0.4) is 0 Å². The van der Waals surface area contributed by atoms with E-state index in [1.807, 2.05) is 0 Å². The van der Waals surface area contributed by atoms with E-state index in [1.54, 1.807) is 29.5 Å². The van der Waals surface area contributed by atoms with Crippen LogP contribution in [-0.4, -0.2) is 33.8 Å². The number of nitrogens with one attached hydrogen (secondary N) is 1. The molecule has 0 aliphatic heterocycles. The summed E-state index contributed by atoms with van der Waals surface area (Å²) in [6, 6.07) is 4.38. The van der Waals surface area contributed by atoms with Crippen molar-refractivity contribution in [1.82, 2.24) is 20.1 Å². The first kappa shape index (κ1) is 18.9. The zero-order valence-electron chi connectivity index (χ0n) is 14.2. The van der Waals surface area contributed by atoms with Crippen LogP contribution in [0, 0.1) is 0 Å². The molecule has 0 fully saturated rings. The van der Waals surface area contributed by atoms with Crippen molar-refractivity contribution in [3.8, 4) is 16.3 Å². The number of aromatic nitrogens is 3. The van der Waals surface area contributed by atoms with E-state index in [4.69, 9.17) is 4.74 Å². The van der Waals surface area contributed by atoms with E-state index in [9.17, 15) is 18.0 Å². The van der Waals surface area contributed by atoms with Crippen molar-refractivity contribution in [2.75, 3.05) is 13.2 Å². The Hall–Kier alpha value is -2.88. The lowest BCUT2D eigenvalue weighted by Gasteiger charge is -2.09. The molecule has 1 amide bonds. The van der Waals surface area contributed by atoms with E-state index in [-0.39, 0.29) is 24.8 Å². The number of halogens is 3. The molecule has 0 radical (unpaired) electrons. The number of benzene rings is 1. The third kappa shape index (κ3) is 4.85. The Labute approximate surface area is 156 Å². The summed E-state index contributed by atoms with van der Waals surface area (Å²) in [6.45, 7) is 0.316. The lowest BCUT2D eigenvalue weighted by molar-refractivity contribution is -0.137. The van der Waals surface area contributed by atoms with Crippen molar-refractivity contribution in [3.63, 3.8) is 0 Å². The third-order valence-corrected chi connectivity index (χ3v) is 4.42. The standard InChI is InChI=1S/C17H15F3N4O2S/c1-24-9-11(8-22-24)16-23-14(10-27-16)15(25)21-6-7-26-13-4-2-12(3-5-13)17(18,19)20/h2-5,8-10H,6-7H2,1H3,(H,21,25). The first-order valence-electron chi connectivity index (χ1n) is 7.86. The molecule has 1 aromatic carbocycles. The van der Waals surface area contributed by atoms with Gasteiger partial charge in [-0.25, -0.2) is 4.98 Å². The second-order valence-electron chi connectivity index (χ2n) is 5.57. The van der Waals surface area contributed by atoms with Gasteiger partial charge in [0.25, 0.3) is 5.91 Å². The molecule has 0 atom stereocenters. The molecule has 2 heterocycles. The molecule has 27 heavy (non-hydrogen) atoms. The number of hydrogen-bond donors (Lipinski definition) is 1. The number of nitrogens with zero attached hydrogens (tertiary/aromatic N) is 3. The second kappa shape index (κ2) is 7.78. The number of carbonyl (C=O) groups excluding carboxylic acids is 1. The SMILES string of the molecule is Cn1cc(-c2nc(C(=O)NCCOc3ccc(C(F)(F)F)cc3)cs2)cn1. The van der Waals surface area contributed by atoms with Crippen LogP contribution >= 0.6 is 11.3 Å². The highest BCUT2D eigenvalue weighted by Gasteiger charge is 2.30. The highest BCUT2D eigenvalue weighted by Crippen LogP contribution is 2.30. The van der Waals surface area contributed by atoms with Crippen LogP contribution in [0.15, 0.2) is 42.0 Å². The molecule has 10 heteroatoms. The fraction of sp³-hybridized carbons (Fsp3) is 0.235. The number of amides is 1. The largest absolute Gasteiger partial charge is 0.492 e. The van der Waals surface area contributed by atoms with E-state index < -0.39 is 11.7 Å². The summed E-state index contributed by atoms with van der Waals surface area (Å²) in [7, 11) is 1.79. The minimum absolute atomic E-state index is 0.122. The van der Waals surface area contributed by atoms with Gasteiger partial charge in [0.1, 0.15) is 23.1 Å². The van der Waals surface area contributed by atoms with Crippen LogP contribution in [0.5, 0.6) is 5.75 Å². The van der Waals surface area contributed by atoms with Gasteiger partial charge in [0, 0.05) is 24.2 Å². The van der Waals surface area contributed by atoms with E-state index in [1.165, 1.54) is 23.5 Å². The molecule has 1 N–H and O–H groups in total. The zero-order chi connectivity index (χ0) is 19.4. The maximum atomic E-state index is 12.5. The molecule has 0 aliphatic carbocycles. The second-order valence-corrected chi connectivity index (χ2v) is 6.43. The van der Waals surface area contributed by atoms with Gasteiger partial charge in [-0.2, -0.15) is 18.3 Å². The summed E-state index contributed by atoms with van der Waals surface area (Å²) < 4.78 is 44.4. The van der Waals surface area contributed by atoms with E-state index in [2.05, 4.69) is 15.4 Å². The lowest BCUT2D eigenvalue weighted by atomic mass is 10.2. The predicted octanol–water partition coefficient (Wildman–Crippen LogP) is 3.37. The fourth-order valence-corrected chi connectivity index (χ4v) is 2.98. The van der Waals surface area contributed by atoms with Crippen molar-refractivity contribution >= 4 is 17.2 Å². The van der Waals surface area contributed by atoms with Gasteiger partial charge < -0.3 is 10.1 Å². The average Bonchev–Trinajstić information content (AvgIpc) is 3.27. The van der Waals surface area contributed by atoms with Crippen LogP contribution < -0.4 is 10.1 Å². The minimum Gasteiger partial charge on any atom is -0.492 e. The van der Waals surface area contributed by atoms with Crippen LogP contribution in [0.1, 0.15) is 16.1 Å². The molecule has 0 bridgehead atoms. The number of rotatable bonds is 6. The molecular weight excluding hydrogens is 381 g/mol. The van der Waals surface area contributed by atoms with Crippen molar-refractivity contribution in [2.45, 2.75) is 6.18 Å². The first-order valence-corrected chi connectivity index (χ1v) is 8.74. The molecular formula is C17H15F3N4O2S. The van der Waals surface area contributed by atoms with E-state index >= 15 is 0 Å². The molecule has 0 spiro atoms. The number of ether oxygens (including phenoxy) is 1. The van der Waals surface area contributed by atoms with Gasteiger partial charge in [0.2, 0.25) is 0 Å². The van der Waals surface area contributed by atoms with Crippen molar-refractivity contribution < 1.29 is 22.7 Å². The molecule has 3 rings (SSSR count). The van der Waals surface area contributed by atoms with Crippen molar-refractivity contribution in [2.24, 2.45) is 7.05 Å². The molecule has 142 valence electrons. The fourth-order valence-electron chi connectivity index (χ4n) is 2.21. The molecule has 6 nitrogen and oxygen atoms in total. The number of alkyl halides is 3. The minimum atomic E-state index is -4.38. The summed E-state index contributed by atoms with van der Waals surface area (Å²) >= 11 is 1.34. The maximum Gasteiger partial charge on any atom is 0.416 e. The zero-order valence-corrected chi connectivity index (χ0v) is 15.0. The van der Waals surface area contributed by atoms with Gasteiger partial charge in [-0.3, -0.25) is 9.48 Å². The smallest absolute Gasteiger partial charge is 0.416 e. The summed E-state index contributed by atoms with van der Waals surface area (Å²) in [5.74, 6) is -0.0535. The molecule has 3 aromatic rings. The van der Waals surface area contributed by atoms with Crippen LogP contribution in [0.4, 0.5) is 13.2 Å². The van der Waals surface area contributed by atoms with Crippen LogP contribution in [-0.2, 0) is 13.2 Å². The topological polar surface area (TPSA) is 69.0 Å². The summed E-state index contributed by atoms with van der Waals surface area (Å²) in [6.07, 6.45) is -0.911. The van der Waals surface area contributed by atoms with Gasteiger partial charge in [-0.15, -0.1) is 11.3 Å². The lowest BCUT2D eigenvalue weighted by Crippen LogP contribution is -2.28. The quantitative estimate of drug-likeness (QED) is 0.649.